The van der Waals surface area contributed by atoms with Crippen molar-refractivity contribution in [3.05, 3.63) is 41.6 Å². The summed E-state index contributed by atoms with van der Waals surface area (Å²) in [5, 5.41) is 5.53. The molecule has 2 N–H and O–H groups in total. The lowest BCUT2D eigenvalue weighted by atomic mass is 10.2. The SMILES string of the molecule is CCOC(=O)c1cn[nH]c1S(=O)(=O)Nc1ccc(C(=O)N(CC)CC)cc1. The van der Waals surface area contributed by atoms with E-state index in [1.165, 1.54) is 24.3 Å². The van der Waals surface area contributed by atoms with E-state index in [0.29, 0.717) is 18.7 Å². The molecule has 0 radical (unpaired) electrons. The van der Waals surface area contributed by atoms with Gasteiger partial charge in [-0.15, -0.1) is 0 Å². The topological polar surface area (TPSA) is 121 Å². The Hall–Kier alpha value is -2.88. The summed E-state index contributed by atoms with van der Waals surface area (Å²) < 4.78 is 32.3. The van der Waals surface area contributed by atoms with Crippen molar-refractivity contribution in [2.75, 3.05) is 24.4 Å². The molecule has 10 heteroatoms. The Labute approximate surface area is 157 Å². The second-order valence-corrected chi connectivity index (χ2v) is 7.11. The molecular formula is C17H22N4O5S. The molecule has 0 saturated carbocycles. The van der Waals surface area contributed by atoms with Crippen LogP contribution in [0.1, 0.15) is 41.5 Å². The number of sulfonamides is 1. The van der Waals surface area contributed by atoms with Gasteiger partial charge in [-0.05, 0) is 45.0 Å². The van der Waals surface area contributed by atoms with Crippen LogP contribution in [0.3, 0.4) is 0 Å². The number of hydrogen-bond acceptors (Lipinski definition) is 6. The molecule has 1 amide bonds. The maximum atomic E-state index is 12.5. The first-order valence-electron chi connectivity index (χ1n) is 8.46. The van der Waals surface area contributed by atoms with Crippen LogP contribution in [0.5, 0.6) is 0 Å². The summed E-state index contributed by atoms with van der Waals surface area (Å²) in [6.45, 7) is 6.66. The average Bonchev–Trinajstić information content (AvgIpc) is 3.14. The molecule has 0 unspecified atom stereocenters. The van der Waals surface area contributed by atoms with Crippen LogP contribution in [-0.4, -0.2) is 55.1 Å². The van der Waals surface area contributed by atoms with Crippen LogP contribution in [0.4, 0.5) is 5.69 Å². The van der Waals surface area contributed by atoms with E-state index < -0.39 is 16.0 Å². The normalized spacial score (nSPS) is 11.1. The van der Waals surface area contributed by atoms with Crippen molar-refractivity contribution < 1.29 is 22.7 Å². The molecule has 0 spiro atoms. The Kier molecular flexibility index (Phi) is 6.56. The maximum absolute atomic E-state index is 12.5. The van der Waals surface area contributed by atoms with Crippen LogP contribution in [0.2, 0.25) is 0 Å². The van der Waals surface area contributed by atoms with Gasteiger partial charge in [-0.1, -0.05) is 0 Å². The van der Waals surface area contributed by atoms with Gasteiger partial charge in [-0.3, -0.25) is 14.6 Å². The van der Waals surface area contributed by atoms with Crippen LogP contribution >= 0.6 is 0 Å². The van der Waals surface area contributed by atoms with Gasteiger partial charge in [0, 0.05) is 24.3 Å². The monoisotopic (exact) mass is 394 g/mol. The number of esters is 1. The summed E-state index contributed by atoms with van der Waals surface area (Å²) in [5.74, 6) is -0.917. The highest BCUT2D eigenvalue weighted by Crippen LogP contribution is 2.19. The first kappa shape index (κ1) is 20.4. The molecule has 0 atom stereocenters. The average molecular weight is 394 g/mol. The molecule has 27 heavy (non-hydrogen) atoms. The van der Waals surface area contributed by atoms with Crippen LogP contribution < -0.4 is 4.72 Å². The molecule has 0 aliphatic rings. The van der Waals surface area contributed by atoms with E-state index in [1.54, 1.807) is 11.8 Å². The van der Waals surface area contributed by atoms with E-state index in [4.69, 9.17) is 4.74 Å². The first-order chi connectivity index (χ1) is 12.8. The predicted molar refractivity (Wildman–Crippen MR) is 99.0 cm³/mol. The number of ether oxygens (including phenoxy) is 1. The number of aromatic nitrogens is 2. The summed E-state index contributed by atoms with van der Waals surface area (Å²) in [5.41, 5.74) is 0.517. The second-order valence-electron chi connectivity index (χ2n) is 5.49. The van der Waals surface area contributed by atoms with Crippen molar-refractivity contribution in [3.8, 4) is 0 Å². The zero-order valence-corrected chi connectivity index (χ0v) is 16.2. The van der Waals surface area contributed by atoms with Crippen LogP contribution in [0.25, 0.3) is 0 Å². The molecule has 0 aliphatic heterocycles. The fourth-order valence-electron chi connectivity index (χ4n) is 2.41. The Balaban J connectivity index is 2.21. The number of nitrogens with zero attached hydrogens (tertiary/aromatic N) is 2. The van der Waals surface area contributed by atoms with Crippen molar-refractivity contribution in [2.24, 2.45) is 0 Å². The van der Waals surface area contributed by atoms with E-state index in [-0.39, 0.29) is 28.8 Å². The van der Waals surface area contributed by atoms with Gasteiger partial charge in [0.2, 0.25) is 0 Å². The molecule has 2 aromatic rings. The first-order valence-corrected chi connectivity index (χ1v) is 9.95. The molecule has 1 aromatic carbocycles. The molecule has 2 rings (SSSR count). The summed E-state index contributed by atoms with van der Waals surface area (Å²) in [7, 11) is -4.09. The van der Waals surface area contributed by atoms with E-state index in [1.807, 2.05) is 13.8 Å². The fourth-order valence-corrected chi connectivity index (χ4v) is 3.56. The van der Waals surface area contributed by atoms with E-state index >= 15 is 0 Å². The van der Waals surface area contributed by atoms with Gasteiger partial charge in [0.1, 0.15) is 5.56 Å². The van der Waals surface area contributed by atoms with E-state index in [0.717, 1.165) is 6.20 Å². The lowest BCUT2D eigenvalue weighted by Gasteiger charge is -2.18. The van der Waals surface area contributed by atoms with Gasteiger partial charge >= 0.3 is 5.97 Å². The predicted octanol–water partition coefficient (Wildman–Crippen LogP) is 1.87. The maximum Gasteiger partial charge on any atom is 0.342 e. The molecule has 0 fully saturated rings. The molecule has 146 valence electrons. The number of carbonyl (C=O) groups is 2. The Bertz CT molecular complexity index is 902. The third-order valence-corrected chi connectivity index (χ3v) is 5.16. The number of benzene rings is 1. The molecular weight excluding hydrogens is 372 g/mol. The van der Waals surface area contributed by atoms with Crippen LogP contribution in [0.15, 0.2) is 35.5 Å². The van der Waals surface area contributed by atoms with Gasteiger partial charge < -0.3 is 9.64 Å². The third-order valence-electron chi connectivity index (χ3n) is 3.80. The Morgan fingerprint density at radius 3 is 2.33 bits per heavy atom. The number of carbonyl (C=O) groups excluding carboxylic acids is 2. The molecule has 9 nitrogen and oxygen atoms in total. The molecule has 0 bridgehead atoms. The minimum absolute atomic E-state index is 0.110. The molecule has 0 saturated heterocycles. The molecule has 1 aromatic heterocycles. The zero-order chi connectivity index (χ0) is 20.0. The summed E-state index contributed by atoms with van der Waals surface area (Å²) in [6.07, 6.45) is 1.10. The summed E-state index contributed by atoms with van der Waals surface area (Å²) >= 11 is 0. The number of aromatic amines is 1. The van der Waals surface area contributed by atoms with Crippen LogP contribution in [-0.2, 0) is 14.8 Å². The van der Waals surface area contributed by atoms with Crippen molar-refractivity contribution in [1.29, 1.82) is 0 Å². The summed E-state index contributed by atoms with van der Waals surface area (Å²) in [4.78, 5) is 25.8. The van der Waals surface area contributed by atoms with Crippen LogP contribution in [0, 0.1) is 0 Å². The number of amides is 1. The lowest BCUT2D eigenvalue weighted by Crippen LogP contribution is -2.30. The highest BCUT2D eigenvalue weighted by Gasteiger charge is 2.26. The van der Waals surface area contributed by atoms with Crippen molar-refractivity contribution in [1.82, 2.24) is 15.1 Å². The summed E-state index contributed by atoms with van der Waals surface area (Å²) in [6, 6.07) is 6.04. The molecule has 0 aliphatic carbocycles. The molecule has 1 heterocycles. The number of nitrogens with one attached hydrogen (secondary N) is 2. The van der Waals surface area contributed by atoms with E-state index in [2.05, 4.69) is 14.9 Å². The minimum atomic E-state index is -4.09. The van der Waals surface area contributed by atoms with Gasteiger partial charge in [0.25, 0.3) is 15.9 Å². The second kappa shape index (κ2) is 8.67. The van der Waals surface area contributed by atoms with Crippen molar-refractivity contribution >= 4 is 27.6 Å². The van der Waals surface area contributed by atoms with Gasteiger partial charge in [-0.25, -0.2) is 4.79 Å². The Morgan fingerprint density at radius 1 is 1.15 bits per heavy atom. The zero-order valence-electron chi connectivity index (χ0n) is 15.4. The van der Waals surface area contributed by atoms with Crippen molar-refractivity contribution in [2.45, 2.75) is 25.8 Å². The van der Waals surface area contributed by atoms with Crippen molar-refractivity contribution in [3.63, 3.8) is 0 Å². The lowest BCUT2D eigenvalue weighted by molar-refractivity contribution is 0.0521. The standard InChI is InChI=1S/C17H22N4O5S/c1-4-21(5-2)16(22)12-7-9-13(10-8-12)20-27(24,25)15-14(11-18-19-15)17(23)26-6-3/h7-11,20H,4-6H2,1-3H3,(H,18,19). The highest BCUT2D eigenvalue weighted by atomic mass is 32.2. The number of rotatable bonds is 8. The highest BCUT2D eigenvalue weighted by molar-refractivity contribution is 7.92. The largest absolute Gasteiger partial charge is 0.462 e. The van der Waals surface area contributed by atoms with Gasteiger partial charge in [0.05, 0.1) is 12.8 Å². The van der Waals surface area contributed by atoms with Gasteiger partial charge in [0.15, 0.2) is 5.03 Å². The van der Waals surface area contributed by atoms with Gasteiger partial charge in [-0.2, -0.15) is 13.5 Å². The smallest absolute Gasteiger partial charge is 0.342 e. The Morgan fingerprint density at radius 2 is 1.78 bits per heavy atom. The fraction of sp³-hybridized carbons (Fsp3) is 0.353. The number of H-pyrrole nitrogens is 1. The number of hydrogen-bond donors (Lipinski definition) is 2. The van der Waals surface area contributed by atoms with E-state index in [9.17, 15) is 18.0 Å². The third kappa shape index (κ3) is 4.64. The minimum Gasteiger partial charge on any atom is -0.462 e. The quantitative estimate of drug-likeness (QED) is 0.659. The number of anilines is 1.